The lowest BCUT2D eigenvalue weighted by Crippen LogP contribution is -2.51. The molecule has 100 valence electrons. The van der Waals surface area contributed by atoms with Gasteiger partial charge in [0.15, 0.2) is 0 Å². The Bertz CT molecular complexity index is 263. The van der Waals surface area contributed by atoms with Crippen LogP contribution in [0.4, 0.5) is 0 Å². The van der Waals surface area contributed by atoms with Crippen molar-refractivity contribution in [3.63, 3.8) is 0 Å². The van der Waals surface area contributed by atoms with Crippen molar-refractivity contribution in [1.82, 2.24) is 4.90 Å². The Morgan fingerprint density at radius 1 is 1.29 bits per heavy atom. The van der Waals surface area contributed by atoms with Gasteiger partial charge in [0.25, 0.3) is 0 Å². The van der Waals surface area contributed by atoms with Gasteiger partial charge in [-0.1, -0.05) is 26.2 Å². The number of carbonyl (C=O) groups is 1. The number of rotatable bonds is 4. The first kappa shape index (κ1) is 14.5. The van der Waals surface area contributed by atoms with E-state index in [1.54, 1.807) is 0 Å². The van der Waals surface area contributed by atoms with Crippen LogP contribution in [0, 0.1) is 5.92 Å². The molecule has 0 aromatic heterocycles. The van der Waals surface area contributed by atoms with Crippen molar-refractivity contribution in [3.05, 3.63) is 0 Å². The summed E-state index contributed by atoms with van der Waals surface area (Å²) in [6, 6.07) is 0.199. The van der Waals surface area contributed by atoms with Crippen LogP contribution in [0.15, 0.2) is 0 Å². The van der Waals surface area contributed by atoms with Crippen molar-refractivity contribution in [2.45, 2.75) is 70.9 Å². The Kier molecular flexibility index (Phi) is 4.99. The largest absolute Gasteiger partial charge is 0.481 e. The van der Waals surface area contributed by atoms with Crippen molar-refractivity contribution < 1.29 is 9.90 Å². The van der Waals surface area contributed by atoms with Gasteiger partial charge in [-0.3, -0.25) is 9.69 Å². The Labute approximate surface area is 105 Å². The monoisotopic (exact) mass is 241 g/mol. The molecule has 0 saturated heterocycles. The molecular formula is C14H27NO2. The van der Waals surface area contributed by atoms with Gasteiger partial charge in [-0.15, -0.1) is 0 Å². The molecule has 1 aliphatic carbocycles. The van der Waals surface area contributed by atoms with Gasteiger partial charge in [0.05, 0.1) is 5.92 Å². The third-order valence-electron chi connectivity index (χ3n) is 4.61. The Morgan fingerprint density at radius 2 is 1.88 bits per heavy atom. The van der Waals surface area contributed by atoms with Crippen molar-refractivity contribution in [2.24, 2.45) is 5.92 Å². The van der Waals surface area contributed by atoms with E-state index in [1.165, 1.54) is 12.8 Å². The molecule has 0 amide bonds. The summed E-state index contributed by atoms with van der Waals surface area (Å²) in [6.07, 6.45) is 6.32. The molecule has 0 aliphatic heterocycles. The molecule has 0 heterocycles. The highest BCUT2D eigenvalue weighted by Crippen LogP contribution is 2.31. The maximum Gasteiger partial charge on any atom is 0.308 e. The summed E-state index contributed by atoms with van der Waals surface area (Å²) in [4.78, 5) is 13.7. The molecule has 3 nitrogen and oxygen atoms in total. The number of carboxylic acid groups (broad SMARTS) is 1. The maximum atomic E-state index is 11.4. The lowest BCUT2D eigenvalue weighted by atomic mass is 9.89. The van der Waals surface area contributed by atoms with E-state index in [-0.39, 0.29) is 17.5 Å². The molecule has 1 fully saturated rings. The van der Waals surface area contributed by atoms with Crippen LogP contribution in [0.3, 0.4) is 0 Å². The van der Waals surface area contributed by atoms with Crippen molar-refractivity contribution in [2.75, 3.05) is 7.05 Å². The minimum absolute atomic E-state index is 0.0860. The Hall–Kier alpha value is -0.570. The lowest BCUT2D eigenvalue weighted by molar-refractivity contribution is -0.145. The van der Waals surface area contributed by atoms with Gasteiger partial charge in [0.2, 0.25) is 0 Å². The number of hydrogen-bond donors (Lipinski definition) is 1. The molecule has 2 unspecified atom stereocenters. The van der Waals surface area contributed by atoms with Crippen molar-refractivity contribution in [3.8, 4) is 0 Å². The number of aliphatic carboxylic acids is 1. The molecule has 0 aromatic rings. The normalized spacial score (nSPS) is 26.9. The van der Waals surface area contributed by atoms with E-state index >= 15 is 0 Å². The van der Waals surface area contributed by atoms with Crippen molar-refractivity contribution in [1.29, 1.82) is 0 Å². The van der Waals surface area contributed by atoms with E-state index in [1.807, 2.05) is 0 Å². The predicted molar refractivity (Wildman–Crippen MR) is 70.1 cm³/mol. The summed E-state index contributed by atoms with van der Waals surface area (Å²) in [5.74, 6) is -0.802. The molecule has 0 spiro atoms. The quantitative estimate of drug-likeness (QED) is 0.769. The van der Waals surface area contributed by atoms with Crippen LogP contribution in [0.2, 0.25) is 0 Å². The van der Waals surface area contributed by atoms with E-state index in [0.29, 0.717) is 0 Å². The van der Waals surface area contributed by atoms with E-state index in [0.717, 1.165) is 25.7 Å². The Balaban J connectivity index is 2.85. The molecule has 0 radical (unpaired) electrons. The summed E-state index contributed by atoms with van der Waals surface area (Å²) >= 11 is 0. The van der Waals surface area contributed by atoms with E-state index in [9.17, 15) is 9.90 Å². The van der Waals surface area contributed by atoms with Crippen LogP contribution in [0.25, 0.3) is 0 Å². The van der Waals surface area contributed by atoms with Crippen LogP contribution in [-0.4, -0.2) is 34.6 Å². The fourth-order valence-electron chi connectivity index (χ4n) is 2.74. The minimum Gasteiger partial charge on any atom is -0.481 e. The zero-order valence-electron chi connectivity index (χ0n) is 11.7. The average Bonchev–Trinajstić information content (AvgIpc) is 2.53. The summed E-state index contributed by atoms with van der Waals surface area (Å²) in [5, 5.41) is 9.39. The first-order valence-corrected chi connectivity index (χ1v) is 6.86. The van der Waals surface area contributed by atoms with Gasteiger partial charge in [0, 0.05) is 11.6 Å². The van der Waals surface area contributed by atoms with Gasteiger partial charge < -0.3 is 5.11 Å². The zero-order valence-corrected chi connectivity index (χ0v) is 11.7. The first-order chi connectivity index (χ1) is 7.90. The third kappa shape index (κ3) is 3.44. The summed E-state index contributed by atoms with van der Waals surface area (Å²) < 4.78 is 0. The number of nitrogens with zero attached hydrogens (tertiary/aromatic N) is 1. The minimum atomic E-state index is -0.615. The van der Waals surface area contributed by atoms with Gasteiger partial charge in [-0.05, 0) is 40.2 Å². The highest BCUT2D eigenvalue weighted by atomic mass is 16.4. The summed E-state index contributed by atoms with van der Waals surface area (Å²) in [5.41, 5.74) is 0.0860. The second-order valence-corrected chi connectivity index (χ2v) is 5.93. The molecule has 2 atom stereocenters. The van der Waals surface area contributed by atoms with Crippen LogP contribution in [-0.2, 0) is 4.79 Å². The van der Waals surface area contributed by atoms with Gasteiger partial charge in [-0.25, -0.2) is 0 Å². The van der Waals surface area contributed by atoms with Gasteiger partial charge in [-0.2, -0.15) is 0 Å². The number of hydrogen-bond acceptors (Lipinski definition) is 2. The molecule has 0 aromatic carbocycles. The van der Waals surface area contributed by atoms with Gasteiger partial charge in [0.1, 0.15) is 0 Å². The second kappa shape index (κ2) is 5.85. The van der Waals surface area contributed by atoms with Crippen molar-refractivity contribution >= 4 is 5.97 Å². The molecule has 0 bridgehead atoms. The van der Waals surface area contributed by atoms with Crippen LogP contribution < -0.4 is 0 Å². The van der Waals surface area contributed by atoms with Crippen LogP contribution in [0.5, 0.6) is 0 Å². The van der Waals surface area contributed by atoms with Crippen LogP contribution >= 0.6 is 0 Å². The zero-order chi connectivity index (χ0) is 13.1. The maximum absolute atomic E-state index is 11.4. The van der Waals surface area contributed by atoms with Gasteiger partial charge >= 0.3 is 5.97 Å². The Morgan fingerprint density at radius 3 is 2.41 bits per heavy atom. The molecule has 1 rings (SSSR count). The summed E-state index contributed by atoms with van der Waals surface area (Å²) in [6.45, 7) is 6.58. The molecule has 3 heteroatoms. The standard InChI is InChI=1S/C14H27NO2/c1-5-14(2,3)15(4)12-10-8-6-7-9-11(12)13(16)17/h11-12H,5-10H2,1-4H3,(H,16,17). The highest BCUT2D eigenvalue weighted by molar-refractivity contribution is 5.71. The predicted octanol–water partition coefficient (Wildman–Crippen LogP) is 3.14. The smallest absolute Gasteiger partial charge is 0.308 e. The van der Waals surface area contributed by atoms with Crippen LogP contribution in [0.1, 0.15) is 59.3 Å². The van der Waals surface area contributed by atoms with E-state index in [2.05, 4.69) is 32.7 Å². The number of carboxylic acids is 1. The highest BCUT2D eigenvalue weighted by Gasteiger charge is 2.37. The van der Waals surface area contributed by atoms with E-state index in [4.69, 9.17) is 0 Å². The summed E-state index contributed by atoms with van der Waals surface area (Å²) in [7, 11) is 2.09. The second-order valence-electron chi connectivity index (χ2n) is 5.93. The molecule has 1 N–H and O–H groups in total. The first-order valence-electron chi connectivity index (χ1n) is 6.86. The van der Waals surface area contributed by atoms with E-state index < -0.39 is 5.97 Å². The third-order valence-corrected chi connectivity index (χ3v) is 4.61. The molecule has 1 saturated carbocycles. The SMILES string of the molecule is CCC(C)(C)N(C)C1CCCCCC1C(=O)O. The topological polar surface area (TPSA) is 40.5 Å². The average molecular weight is 241 g/mol. The lowest BCUT2D eigenvalue weighted by Gasteiger charge is -2.42. The fraction of sp³-hybridized carbons (Fsp3) is 0.929. The molecule has 1 aliphatic rings. The fourth-order valence-corrected chi connectivity index (χ4v) is 2.74. The molecule has 17 heavy (non-hydrogen) atoms. The molecular weight excluding hydrogens is 214 g/mol.